The predicted molar refractivity (Wildman–Crippen MR) is 83.4 cm³/mol. The SMILES string of the molecule is CNc1ccc(OC(CC(C)C)[C@H]2CCNC2)c(C)n1. The van der Waals surface area contributed by atoms with Crippen LogP contribution in [0.25, 0.3) is 0 Å². The van der Waals surface area contributed by atoms with Gasteiger partial charge >= 0.3 is 0 Å². The van der Waals surface area contributed by atoms with Gasteiger partial charge in [-0.25, -0.2) is 4.98 Å². The molecule has 20 heavy (non-hydrogen) atoms. The summed E-state index contributed by atoms with van der Waals surface area (Å²) in [5.74, 6) is 3.06. The van der Waals surface area contributed by atoms with Crippen LogP contribution in [0.4, 0.5) is 5.82 Å². The molecule has 1 aliphatic rings. The molecule has 4 heteroatoms. The summed E-state index contributed by atoms with van der Waals surface area (Å²) in [5, 5.41) is 6.50. The fraction of sp³-hybridized carbons (Fsp3) is 0.688. The van der Waals surface area contributed by atoms with E-state index in [2.05, 4.69) is 29.5 Å². The molecule has 112 valence electrons. The average molecular weight is 277 g/mol. The third-order valence-electron chi connectivity index (χ3n) is 3.90. The molecule has 0 aromatic carbocycles. The highest BCUT2D eigenvalue weighted by atomic mass is 16.5. The summed E-state index contributed by atoms with van der Waals surface area (Å²) in [6.45, 7) is 8.70. The second-order valence-electron chi connectivity index (χ2n) is 6.07. The summed E-state index contributed by atoms with van der Waals surface area (Å²) < 4.78 is 6.31. The molecule has 1 aliphatic heterocycles. The zero-order chi connectivity index (χ0) is 14.5. The number of hydrogen-bond acceptors (Lipinski definition) is 4. The summed E-state index contributed by atoms with van der Waals surface area (Å²) in [5.41, 5.74) is 0.955. The molecular weight excluding hydrogens is 250 g/mol. The highest BCUT2D eigenvalue weighted by Crippen LogP contribution is 2.27. The second kappa shape index (κ2) is 6.93. The molecule has 0 bridgehead atoms. The molecule has 0 saturated carbocycles. The molecule has 0 radical (unpaired) electrons. The molecule has 0 spiro atoms. The lowest BCUT2D eigenvalue weighted by Crippen LogP contribution is -2.30. The smallest absolute Gasteiger partial charge is 0.141 e. The summed E-state index contributed by atoms with van der Waals surface area (Å²) >= 11 is 0. The van der Waals surface area contributed by atoms with E-state index < -0.39 is 0 Å². The summed E-state index contributed by atoms with van der Waals surface area (Å²) in [6.07, 6.45) is 2.59. The molecule has 4 nitrogen and oxygen atoms in total. The van der Waals surface area contributed by atoms with Crippen LogP contribution < -0.4 is 15.4 Å². The minimum absolute atomic E-state index is 0.283. The van der Waals surface area contributed by atoms with E-state index in [0.29, 0.717) is 11.8 Å². The Morgan fingerprint density at radius 3 is 2.80 bits per heavy atom. The van der Waals surface area contributed by atoms with Gasteiger partial charge in [-0.1, -0.05) is 13.8 Å². The number of aryl methyl sites for hydroxylation is 1. The largest absolute Gasteiger partial charge is 0.488 e. The van der Waals surface area contributed by atoms with Gasteiger partial charge in [0.15, 0.2) is 0 Å². The third-order valence-corrected chi connectivity index (χ3v) is 3.90. The third kappa shape index (κ3) is 3.85. The van der Waals surface area contributed by atoms with E-state index >= 15 is 0 Å². The lowest BCUT2D eigenvalue weighted by molar-refractivity contribution is 0.118. The zero-order valence-corrected chi connectivity index (χ0v) is 13.1. The maximum Gasteiger partial charge on any atom is 0.141 e. The van der Waals surface area contributed by atoms with Gasteiger partial charge in [0.05, 0.1) is 5.69 Å². The Kier molecular flexibility index (Phi) is 5.24. The van der Waals surface area contributed by atoms with E-state index in [1.165, 1.54) is 6.42 Å². The van der Waals surface area contributed by atoms with E-state index in [1.54, 1.807) is 0 Å². The van der Waals surface area contributed by atoms with Gasteiger partial charge in [-0.15, -0.1) is 0 Å². The van der Waals surface area contributed by atoms with Crippen molar-refractivity contribution >= 4 is 5.82 Å². The lowest BCUT2D eigenvalue weighted by Gasteiger charge is -2.26. The molecule has 0 amide bonds. The normalized spacial score (nSPS) is 20.1. The van der Waals surface area contributed by atoms with Crippen LogP contribution in [0.5, 0.6) is 5.75 Å². The summed E-state index contributed by atoms with van der Waals surface area (Å²) in [6, 6.07) is 4.01. The van der Waals surface area contributed by atoms with Gasteiger partial charge in [-0.2, -0.15) is 0 Å². The Morgan fingerprint density at radius 1 is 1.45 bits per heavy atom. The first-order chi connectivity index (χ1) is 9.60. The van der Waals surface area contributed by atoms with Crippen molar-refractivity contribution in [2.45, 2.75) is 39.7 Å². The Balaban J connectivity index is 2.10. The molecule has 2 N–H and O–H groups in total. The van der Waals surface area contributed by atoms with Crippen molar-refractivity contribution in [3.8, 4) is 5.75 Å². The van der Waals surface area contributed by atoms with E-state index in [-0.39, 0.29) is 6.10 Å². The van der Waals surface area contributed by atoms with Crippen LogP contribution in [0.2, 0.25) is 0 Å². The molecule has 1 saturated heterocycles. The first kappa shape index (κ1) is 15.1. The van der Waals surface area contributed by atoms with E-state index in [0.717, 1.165) is 36.8 Å². The Hall–Kier alpha value is -1.29. The summed E-state index contributed by atoms with van der Waals surface area (Å²) in [7, 11) is 1.88. The zero-order valence-electron chi connectivity index (χ0n) is 13.1. The average Bonchev–Trinajstić information content (AvgIpc) is 2.93. The maximum atomic E-state index is 6.31. The number of rotatable bonds is 6. The van der Waals surface area contributed by atoms with Gasteiger partial charge in [-0.05, 0) is 44.4 Å². The number of anilines is 1. The topological polar surface area (TPSA) is 46.2 Å². The first-order valence-electron chi connectivity index (χ1n) is 7.63. The van der Waals surface area contributed by atoms with Crippen molar-refractivity contribution in [1.29, 1.82) is 0 Å². The first-order valence-corrected chi connectivity index (χ1v) is 7.63. The Labute approximate surface area is 122 Å². The van der Waals surface area contributed by atoms with Crippen molar-refractivity contribution in [1.82, 2.24) is 10.3 Å². The van der Waals surface area contributed by atoms with Gasteiger partial charge in [0.1, 0.15) is 17.7 Å². The molecule has 1 fully saturated rings. The molecule has 2 heterocycles. The minimum atomic E-state index is 0.283. The number of nitrogens with one attached hydrogen (secondary N) is 2. The van der Waals surface area contributed by atoms with Gasteiger partial charge in [0, 0.05) is 19.5 Å². The highest BCUT2D eigenvalue weighted by molar-refractivity contribution is 5.40. The fourth-order valence-electron chi connectivity index (χ4n) is 2.77. The van der Waals surface area contributed by atoms with Crippen LogP contribution in [-0.2, 0) is 0 Å². The molecule has 2 atom stereocenters. The van der Waals surface area contributed by atoms with E-state index in [4.69, 9.17) is 4.74 Å². The quantitative estimate of drug-likeness (QED) is 0.839. The second-order valence-corrected chi connectivity index (χ2v) is 6.07. The molecule has 1 aromatic heterocycles. The van der Waals surface area contributed by atoms with E-state index in [1.807, 2.05) is 26.1 Å². The molecular formula is C16H27N3O. The van der Waals surface area contributed by atoms with Gasteiger partial charge in [-0.3, -0.25) is 0 Å². The number of ether oxygens (including phenoxy) is 1. The van der Waals surface area contributed by atoms with Crippen LogP contribution in [0.1, 0.15) is 32.4 Å². The fourth-order valence-corrected chi connectivity index (χ4v) is 2.77. The molecule has 2 rings (SSSR count). The predicted octanol–water partition coefficient (Wildman–Crippen LogP) is 2.83. The van der Waals surface area contributed by atoms with Crippen molar-refractivity contribution in [2.24, 2.45) is 11.8 Å². The van der Waals surface area contributed by atoms with Crippen LogP contribution in [0.15, 0.2) is 12.1 Å². The highest BCUT2D eigenvalue weighted by Gasteiger charge is 2.27. The Morgan fingerprint density at radius 2 is 2.25 bits per heavy atom. The molecule has 0 aliphatic carbocycles. The lowest BCUT2D eigenvalue weighted by atomic mass is 9.93. The van der Waals surface area contributed by atoms with Crippen LogP contribution in [0, 0.1) is 18.8 Å². The molecule has 1 unspecified atom stereocenters. The van der Waals surface area contributed by atoms with Crippen molar-refractivity contribution in [2.75, 3.05) is 25.5 Å². The van der Waals surface area contributed by atoms with Gasteiger partial charge in [0.2, 0.25) is 0 Å². The monoisotopic (exact) mass is 277 g/mol. The molecule has 1 aromatic rings. The van der Waals surface area contributed by atoms with Gasteiger partial charge < -0.3 is 15.4 Å². The number of aromatic nitrogens is 1. The van der Waals surface area contributed by atoms with E-state index in [9.17, 15) is 0 Å². The van der Waals surface area contributed by atoms with Gasteiger partial charge in [0.25, 0.3) is 0 Å². The van der Waals surface area contributed by atoms with Crippen LogP contribution in [-0.4, -0.2) is 31.2 Å². The maximum absolute atomic E-state index is 6.31. The van der Waals surface area contributed by atoms with Crippen molar-refractivity contribution < 1.29 is 4.74 Å². The van der Waals surface area contributed by atoms with Crippen molar-refractivity contribution in [3.63, 3.8) is 0 Å². The standard InChI is InChI=1S/C16H27N3O/c1-11(2)9-15(13-7-8-18-10-13)20-14-5-6-16(17-4)19-12(14)3/h5-6,11,13,15,18H,7-10H2,1-4H3,(H,17,19)/t13-,15?/m0/s1. The minimum Gasteiger partial charge on any atom is -0.488 e. The number of hydrogen-bond donors (Lipinski definition) is 2. The Bertz CT molecular complexity index is 428. The van der Waals surface area contributed by atoms with Crippen LogP contribution in [0.3, 0.4) is 0 Å². The van der Waals surface area contributed by atoms with Crippen LogP contribution >= 0.6 is 0 Å². The number of nitrogens with zero attached hydrogens (tertiary/aromatic N) is 1. The number of pyridine rings is 1. The van der Waals surface area contributed by atoms with Crippen molar-refractivity contribution in [3.05, 3.63) is 17.8 Å². The summed E-state index contributed by atoms with van der Waals surface area (Å²) in [4.78, 5) is 4.50.